The van der Waals surface area contributed by atoms with Gasteiger partial charge in [-0.3, -0.25) is 4.57 Å². The van der Waals surface area contributed by atoms with Crippen molar-refractivity contribution in [3.63, 3.8) is 0 Å². The molecular formula is C52H31N3O2. The van der Waals surface area contributed by atoms with Crippen molar-refractivity contribution in [1.82, 2.24) is 14.5 Å². The third-order valence-electron chi connectivity index (χ3n) is 11.2. The molecule has 0 N–H and O–H groups in total. The molecule has 0 amide bonds. The van der Waals surface area contributed by atoms with E-state index < -0.39 is 0 Å². The van der Waals surface area contributed by atoms with Crippen molar-refractivity contribution >= 4 is 65.7 Å². The monoisotopic (exact) mass is 729 g/mol. The van der Waals surface area contributed by atoms with Crippen LogP contribution in [0.15, 0.2) is 197 Å². The number of furan rings is 2. The van der Waals surface area contributed by atoms with Gasteiger partial charge >= 0.3 is 0 Å². The Balaban J connectivity index is 1.18. The van der Waals surface area contributed by atoms with Crippen LogP contribution in [0.2, 0.25) is 0 Å². The number of hydrogen-bond acceptors (Lipinski definition) is 4. The molecule has 266 valence electrons. The van der Waals surface area contributed by atoms with E-state index in [0.29, 0.717) is 5.95 Å². The zero-order chi connectivity index (χ0) is 37.5. The zero-order valence-electron chi connectivity index (χ0n) is 30.6. The van der Waals surface area contributed by atoms with E-state index in [0.717, 1.165) is 110 Å². The maximum atomic E-state index is 6.40. The van der Waals surface area contributed by atoms with Crippen molar-refractivity contribution in [2.45, 2.75) is 0 Å². The summed E-state index contributed by atoms with van der Waals surface area (Å²) in [6, 6.07) is 65.5. The van der Waals surface area contributed by atoms with E-state index in [9.17, 15) is 0 Å². The Morgan fingerprint density at radius 3 is 1.33 bits per heavy atom. The molecule has 0 atom stereocenters. The largest absolute Gasteiger partial charge is 0.456 e. The van der Waals surface area contributed by atoms with E-state index in [2.05, 4.69) is 162 Å². The van der Waals surface area contributed by atoms with Gasteiger partial charge in [0.25, 0.3) is 0 Å². The number of para-hydroxylation sites is 4. The molecule has 12 aromatic rings. The molecule has 57 heavy (non-hydrogen) atoms. The molecule has 5 heteroatoms. The second-order valence-corrected chi connectivity index (χ2v) is 14.5. The fourth-order valence-electron chi connectivity index (χ4n) is 8.69. The molecule has 8 aromatic carbocycles. The summed E-state index contributed by atoms with van der Waals surface area (Å²) in [5.74, 6) is 0.613. The molecule has 0 aliphatic heterocycles. The van der Waals surface area contributed by atoms with Crippen LogP contribution in [-0.2, 0) is 0 Å². The number of aromatic nitrogens is 3. The lowest BCUT2D eigenvalue weighted by atomic mass is 9.91. The van der Waals surface area contributed by atoms with Gasteiger partial charge in [0.15, 0.2) is 0 Å². The SMILES string of the molecule is c1ccc(-c2cc(-c3cc(-c4cccc5oc6ccccc6c45)cc(-c4cccc5oc6ccccc6c45)c3)nc(-n3c4ccccc4c4ccccc43)n2)cc1. The standard InChI is InChI=1S/C52H31N3O2/c1-2-14-32(15-3-1)42-31-43(54-52(53-42)55-44-22-8-4-16-38(44)39-17-5-9-23-45(39)55)35-29-33(36-20-12-26-48-50(36)40-18-6-10-24-46(40)56-48)28-34(30-35)37-21-13-27-49-51(37)41-19-7-11-25-47(41)57-49/h1-31H. The molecule has 0 fully saturated rings. The highest BCUT2D eigenvalue weighted by Crippen LogP contribution is 2.43. The molecule has 0 aliphatic carbocycles. The molecule has 5 nitrogen and oxygen atoms in total. The van der Waals surface area contributed by atoms with Crippen LogP contribution in [0, 0.1) is 0 Å². The average molecular weight is 730 g/mol. The molecular weight excluding hydrogens is 699 g/mol. The number of nitrogens with zero attached hydrogens (tertiary/aromatic N) is 3. The Kier molecular flexibility index (Phi) is 6.86. The van der Waals surface area contributed by atoms with E-state index in [1.807, 2.05) is 30.3 Å². The second kappa shape index (κ2) is 12.4. The topological polar surface area (TPSA) is 57.0 Å². The number of fused-ring (bicyclic) bond motifs is 9. The highest BCUT2D eigenvalue weighted by Gasteiger charge is 2.20. The van der Waals surface area contributed by atoms with Crippen molar-refractivity contribution in [1.29, 1.82) is 0 Å². The van der Waals surface area contributed by atoms with E-state index >= 15 is 0 Å². The Morgan fingerprint density at radius 1 is 0.333 bits per heavy atom. The summed E-state index contributed by atoms with van der Waals surface area (Å²) in [5.41, 5.74) is 13.5. The van der Waals surface area contributed by atoms with Crippen LogP contribution in [0.3, 0.4) is 0 Å². The van der Waals surface area contributed by atoms with Gasteiger partial charge in [0.2, 0.25) is 5.95 Å². The molecule has 0 spiro atoms. The van der Waals surface area contributed by atoms with Gasteiger partial charge in [-0.1, -0.05) is 127 Å². The normalized spacial score (nSPS) is 11.9. The molecule has 4 aromatic heterocycles. The second-order valence-electron chi connectivity index (χ2n) is 14.5. The minimum absolute atomic E-state index is 0.613. The van der Waals surface area contributed by atoms with Crippen molar-refractivity contribution in [2.24, 2.45) is 0 Å². The quantitative estimate of drug-likeness (QED) is 0.177. The molecule has 12 rings (SSSR count). The number of hydrogen-bond donors (Lipinski definition) is 0. The lowest BCUT2D eigenvalue weighted by molar-refractivity contribution is 0.668. The van der Waals surface area contributed by atoms with Gasteiger partial charge < -0.3 is 8.83 Å². The first-order valence-corrected chi connectivity index (χ1v) is 19.1. The average Bonchev–Trinajstić information content (AvgIpc) is 3.96. The minimum Gasteiger partial charge on any atom is -0.456 e. The number of rotatable bonds is 5. The smallest absolute Gasteiger partial charge is 0.235 e. The first-order chi connectivity index (χ1) is 28.2. The van der Waals surface area contributed by atoms with Crippen LogP contribution in [0.5, 0.6) is 0 Å². The third kappa shape index (κ3) is 4.96. The summed E-state index contributed by atoms with van der Waals surface area (Å²) in [6.45, 7) is 0. The van der Waals surface area contributed by atoms with Gasteiger partial charge in [-0.2, -0.15) is 0 Å². The van der Waals surface area contributed by atoms with E-state index in [4.69, 9.17) is 18.8 Å². The summed E-state index contributed by atoms with van der Waals surface area (Å²) < 4.78 is 15.0. The fourth-order valence-corrected chi connectivity index (χ4v) is 8.69. The zero-order valence-corrected chi connectivity index (χ0v) is 30.6. The van der Waals surface area contributed by atoms with Gasteiger partial charge in [-0.25, -0.2) is 9.97 Å². The van der Waals surface area contributed by atoms with Crippen molar-refractivity contribution in [3.8, 4) is 50.7 Å². The molecule has 0 aliphatic rings. The van der Waals surface area contributed by atoms with Crippen molar-refractivity contribution < 1.29 is 8.83 Å². The number of benzene rings is 8. The molecule has 0 bridgehead atoms. The van der Waals surface area contributed by atoms with Crippen molar-refractivity contribution in [3.05, 3.63) is 188 Å². The molecule has 0 radical (unpaired) electrons. The first kappa shape index (κ1) is 31.6. The summed E-state index contributed by atoms with van der Waals surface area (Å²) in [5, 5.41) is 6.66. The Morgan fingerprint density at radius 2 is 0.772 bits per heavy atom. The highest BCUT2D eigenvalue weighted by atomic mass is 16.3. The van der Waals surface area contributed by atoms with Crippen molar-refractivity contribution in [2.75, 3.05) is 0 Å². The molecule has 0 saturated carbocycles. The van der Waals surface area contributed by atoms with Crippen LogP contribution in [-0.4, -0.2) is 14.5 Å². The first-order valence-electron chi connectivity index (χ1n) is 19.1. The predicted molar refractivity (Wildman–Crippen MR) is 233 cm³/mol. The third-order valence-corrected chi connectivity index (χ3v) is 11.2. The van der Waals surface area contributed by atoms with Crippen LogP contribution in [0.1, 0.15) is 0 Å². The van der Waals surface area contributed by atoms with E-state index in [-0.39, 0.29) is 0 Å². The summed E-state index contributed by atoms with van der Waals surface area (Å²) in [4.78, 5) is 10.8. The Bertz CT molecular complexity index is 3350. The lowest BCUT2D eigenvalue weighted by Crippen LogP contribution is -2.04. The van der Waals surface area contributed by atoms with Gasteiger partial charge in [0.05, 0.1) is 22.4 Å². The van der Waals surface area contributed by atoms with Gasteiger partial charge in [-0.15, -0.1) is 0 Å². The highest BCUT2D eigenvalue weighted by molar-refractivity contribution is 6.15. The molecule has 4 heterocycles. The van der Waals surface area contributed by atoms with Crippen LogP contribution < -0.4 is 0 Å². The van der Waals surface area contributed by atoms with Gasteiger partial charge in [0.1, 0.15) is 22.3 Å². The van der Waals surface area contributed by atoms with Crippen LogP contribution in [0.4, 0.5) is 0 Å². The van der Waals surface area contributed by atoms with E-state index in [1.165, 1.54) is 0 Å². The molecule has 0 saturated heterocycles. The van der Waals surface area contributed by atoms with Gasteiger partial charge in [-0.05, 0) is 82.9 Å². The van der Waals surface area contributed by atoms with E-state index in [1.54, 1.807) is 0 Å². The predicted octanol–water partition coefficient (Wildman–Crippen LogP) is 14.0. The van der Waals surface area contributed by atoms with Gasteiger partial charge in [0, 0.05) is 43.4 Å². The summed E-state index contributed by atoms with van der Waals surface area (Å²) >= 11 is 0. The maximum Gasteiger partial charge on any atom is 0.235 e. The molecule has 0 unspecified atom stereocenters. The minimum atomic E-state index is 0.613. The summed E-state index contributed by atoms with van der Waals surface area (Å²) in [7, 11) is 0. The lowest BCUT2D eigenvalue weighted by Gasteiger charge is -2.15. The van der Waals surface area contributed by atoms with Crippen LogP contribution in [0.25, 0.3) is 116 Å². The fraction of sp³-hybridized carbons (Fsp3) is 0. The summed E-state index contributed by atoms with van der Waals surface area (Å²) in [6.07, 6.45) is 0. The Labute approximate surface area is 326 Å². The van der Waals surface area contributed by atoms with Crippen LogP contribution >= 0.6 is 0 Å². The maximum absolute atomic E-state index is 6.40. The Hall–Kier alpha value is -7.76.